The lowest BCUT2D eigenvalue weighted by Gasteiger charge is -2.08. The number of hydrogen-bond acceptors (Lipinski definition) is 3. The third-order valence-corrected chi connectivity index (χ3v) is 2.84. The minimum Gasteiger partial charge on any atom is -0.473 e. The number of nitrogens with zero attached hydrogens (tertiary/aromatic N) is 1. The molecule has 4 heteroatoms. The lowest BCUT2D eigenvalue weighted by atomic mass is 10.2. The number of ether oxygens (including phenoxy) is 1. The van der Waals surface area contributed by atoms with Crippen molar-refractivity contribution in [1.29, 1.82) is 0 Å². The molecule has 0 aliphatic carbocycles. The Morgan fingerprint density at radius 2 is 1.94 bits per heavy atom. The van der Waals surface area contributed by atoms with Crippen molar-refractivity contribution in [3.8, 4) is 5.88 Å². The monoisotopic (exact) mass is 262 g/mol. The van der Waals surface area contributed by atoms with Crippen molar-refractivity contribution in [3.05, 3.63) is 58.7 Å². The quantitative estimate of drug-likeness (QED) is 0.919. The molecule has 0 saturated carbocycles. The molecule has 0 radical (unpaired) electrons. The molecule has 2 aromatic rings. The summed E-state index contributed by atoms with van der Waals surface area (Å²) >= 11 is 5.81. The largest absolute Gasteiger partial charge is 0.473 e. The van der Waals surface area contributed by atoms with Crippen LogP contribution in [0.1, 0.15) is 24.1 Å². The van der Waals surface area contributed by atoms with Crippen LogP contribution in [-0.2, 0) is 6.61 Å². The molecular weight excluding hydrogens is 248 g/mol. The van der Waals surface area contributed by atoms with Crippen LogP contribution in [0.15, 0.2) is 42.6 Å². The van der Waals surface area contributed by atoms with Crippen molar-refractivity contribution in [2.45, 2.75) is 19.6 Å². The summed E-state index contributed by atoms with van der Waals surface area (Å²) in [5.74, 6) is 0.592. The van der Waals surface area contributed by atoms with Crippen molar-refractivity contribution in [2.75, 3.05) is 0 Å². The molecule has 18 heavy (non-hydrogen) atoms. The fourth-order valence-electron chi connectivity index (χ4n) is 1.48. The number of pyridine rings is 1. The van der Waals surface area contributed by atoms with Gasteiger partial charge in [0.15, 0.2) is 0 Å². The molecule has 94 valence electrons. The van der Waals surface area contributed by atoms with E-state index < -0.39 is 0 Å². The van der Waals surface area contributed by atoms with Gasteiger partial charge in [0, 0.05) is 23.3 Å². The van der Waals surface area contributed by atoms with Crippen LogP contribution in [0.5, 0.6) is 5.88 Å². The van der Waals surface area contributed by atoms with Gasteiger partial charge in [0.2, 0.25) is 5.88 Å². The lowest BCUT2D eigenvalue weighted by Crippen LogP contribution is -2.05. The zero-order valence-corrected chi connectivity index (χ0v) is 10.9. The predicted molar refractivity (Wildman–Crippen MR) is 72.6 cm³/mol. The van der Waals surface area contributed by atoms with E-state index in [0.29, 0.717) is 12.5 Å². The summed E-state index contributed by atoms with van der Waals surface area (Å²) in [6.07, 6.45) is 1.74. The van der Waals surface area contributed by atoms with Crippen LogP contribution < -0.4 is 10.5 Å². The van der Waals surface area contributed by atoms with Crippen molar-refractivity contribution in [2.24, 2.45) is 5.73 Å². The van der Waals surface area contributed by atoms with Gasteiger partial charge in [-0.1, -0.05) is 29.8 Å². The summed E-state index contributed by atoms with van der Waals surface area (Å²) in [6, 6.07) is 11.3. The van der Waals surface area contributed by atoms with Gasteiger partial charge in [-0.05, 0) is 30.2 Å². The van der Waals surface area contributed by atoms with Crippen LogP contribution in [0.3, 0.4) is 0 Å². The van der Waals surface area contributed by atoms with Gasteiger partial charge in [0.1, 0.15) is 6.61 Å². The summed E-state index contributed by atoms with van der Waals surface area (Å²) in [4.78, 5) is 4.20. The van der Waals surface area contributed by atoms with Gasteiger partial charge in [-0.2, -0.15) is 0 Å². The van der Waals surface area contributed by atoms with E-state index in [0.717, 1.165) is 16.1 Å². The Labute approximate surface area is 112 Å². The highest BCUT2D eigenvalue weighted by Gasteiger charge is 2.01. The molecule has 0 aliphatic rings. The average Bonchev–Trinajstić information content (AvgIpc) is 2.38. The Bertz CT molecular complexity index is 494. The van der Waals surface area contributed by atoms with E-state index in [1.165, 1.54) is 0 Å². The fourth-order valence-corrected chi connectivity index (χ4v) is 1.61. The van der Waals surface area contributed by atoms with Crippen molar-refractivity contribution in [1.82, 2.24) is 4.98 Å². The number of nitrogens with two attached hydrogens (primary N) is 1. The summed E-state index contributed by atoms with van der Waals surface area (Å²) < 4.78 is 5.57. The Morgan fingerprint density at radius 3 is 2.50 bits per heavy atom. The minimum atomic E-state index is -0.0113. The molecule has 1 heterocycles. The smallest absolute Gasteiger partial charge is 0.213 e. The first-order valence-electron chi connectivity index (χ1n) is 5.74. The highest BCUT2D eigenvalue weighted by molar-refractivity contribution is 6.30. The van der Waals surface area contributed by atoms with E-state index in [9.17, 15) is 0 Å². The molecule has 2 rings (SSSR count). The molecule has 0 saturated heterocycles. The first-order valence-corrected chi connectivity index (χ1v) is 6.12. The van der Waals surface area contributed by atoms with Gasteiger partial charge in [0.05, 0.1) is 0 Å². The molecule has 0 unspecified atom stereocenters. The maximum absolute atomic E-state index is 5.81. The predicted octanol–water partition coefficient (Wildman–Crippen LogP) is 3.33. The molecule has 0 amide bonds. The fraction of sp³-hybridized carbons (Fsp3) is 0.214. The van der Waals surface area contributed by atoms with Gasteiger partial charge in [-0.25, -0.2) is 4.98 Å². The second-order valence-corrected chi connectivity index (χ2v) is 4.57. The molecule has 0 bridgehead atoms. The van der Waals surface area contributed by atoms with Gasteiger partial charge in [-0.15, -0.1) is 0 Å². The van der Waals surface area contributed by atoms with Crippen LogP contribution in [0.25, 0.3) is 0 Å². The van der Waals surface area contributed by atoms with Crippen molar-refractivity contribution >= 4 is 11.6 Å². The summed E-state index contributed by atoms with van der Waals surface area (Å²) in [5.41, 5.74) is 7.80. The SMILES string of the molecule is C[C@@H](N)c1ccc(OCc2ccc(Cl)cc2)nc1. The van der Waals surface area contributed by atoms with E-state index in [4.69, 9.17) is 22.1 Å². The van der Waals surface area contributed by atoms with Crippen LogP contribution >= 0.6 is 11.6 Å². The third-order valence-electron chi connectivity index (χ3n) is 2.58. The summed E-state index contributed by atoms with van der Waals surface area (Å²) in [7, 11) is 0. The topological polar surface area (TPSA) is 48.1 Å². The number of hydrogen-bond donors (Lipinski definition) is 1. The zero-order chi connectivity index (χ0) is 13.0. The third kappa shape index (κ3) is 3.45. The Balaban J connectivity index is 1.95. The van der Waals surface area contributed by atoms with Crippen molar-refractivity contribution < 1.29 is 4.74 Å². The van der Waals surface area contributed by atoms with E-state index in [1.807, 2.05) is 43.3 Å². The Morgan fingerprint density at radius 1 is 1.22 bits per heavy atom. The number of rotatable bonds is 4. The molecule has 2 N–H and O–H groups in total. The van der Waals surface area contributed by atoms with Crippen LogP contribution in [-0.4, -0.2) is 4.98 Å². The molecule has 0 aliphatic heterocycles. The highest BCUT2D eigenvalue weighted by Crippen LogP contribution is 2.15. The zero-order valence-electron chi connectivity index (χ0n) is 10.1. The van der Waals surface area contributed by atoms with Crippen LogP contribution in [0.4, 0.5) is 0 Å². The standard InChI is InChI=1S/C14H15ClN2O/c1-10(16)12-4-7-14(17-8-12)18-9-11-2-5-13(15)6-3-11/h2-8,10H,9,16H2,1H3/t10-/m1/s1. The molecule has 1 aromatic heterocycles. The van der Waals surface area contributed by atoms with Gasteiger partial charge < -0.3 is 10.5 Å². The van der Waals surface area contributed by atoms with E-state index in [1.54, 1.807) is 6.20 Å². The van der Waals surface area contributed by atoms with Gasteiger partial charge in [-0.3, -0.25) is 0 Å². The maximum atomic E-state index is 5.81. The lowest BCUT2D eigenvalue weighted by molar-refractivity contribution is 0.293. The van der Waals surface area contributed by atoms with Crippen LogP contribution in [0.2, 0.25) is 5.02 Å². The van der Waals surface area contributed by atoms with Gasteiger partial charge in [0.25, 0.3) is 0 Å². The van der Waals surface area contributed by atoms with E-state index >= 15 is 0 Å². The number of benzene rings is 1. The molecule has 0 fully saturated rings. The first kappa shape index (κ1) is 12.9. The van der Waals surface area contributed by atoms with E-state index in [-0.39, 0.29) is 6.04 Å². The van der Waals surface area contributed by atoms with Crippen LogP contribution in [0, 0.1) is 0 Å². The number of halogens is 1. The molecular formula is C14H15ClN2O. The Kier molecular flexibility index (Phi) is 4.18. The normalized spacial score (nSPS) is 12.2. The Hall–Kier alpha value is -1.58. The van der Waals surface area contributed by atoms with E-state index in [2.05, 4.69) is 4.98 Å². The number of aromatic nitrogens is 1. The second-order valence-electron chi connectivity index (χ2n) is 4.13. The molecule has 3 nitrogen and oxygen atoms in total. The summed E-state index contributed by atoms with van der Waals surface area (Å²) in [6.45, 7) is 2.40. The van der Waals surface area contributed by atoms with Gasteiger partial charge >= 0.3 is 0 Å². The summed E-state index contributed by atoms with van der Waals surface area (Å²) in [5, 5.41) is 0.721. The molecule has 0 spiro atoms. The first-order chi connectivity index (χ1) is 8.65. The molecule has 1 atom stereocenters. The maximum Gasteiger partial charge on any atom is 0.213 e. The average molecular weight is 263 g/mol. The highest BCUT2D eigenvalue weighted by atomic mass is 35.5. The van der Waals surface area contributed by atoms with Crippen molar-refractivity contribution in [3.63, 3.8) is 0 Å². The second kappa shape index (κ2) is 5.85. The molecule has 1 aromatic carbocycles. The minimum absolute atomic E-state index is 0.0113.